The molecule has 2 aliphatic heterocycles. The maximum absolute atomic E-state index is 14.4. The van der Waals surface area contributed by atoms with Crippen LogP contribution in [-0.2, 0) is 0 Å². The molecule has 0 saturated carbocycles. The molecule has 2 fully saturated rings. The zero-order valence-electron chi connectivity index (χ0n) is 38.7. The van der Waals surface area contributed by atoms with Crippen LogP contribution in [0.2, 0.25) is 0 Å². The molecule has 0 amide bonds. The number of aromatic nitrogens is 4. The molecule has 1 atom stereocenters. The quantitative estimate of drug-likeness (QED) is 0.0905. The summed E-state index contributed by atoms with van der Waals surface area (Å²) in [5.41, 5.74) is 18.7. The molecule has 344 valence electrons. The van der Waals surface area contributed by atoms with E-state index < -0.39 is 0 Å². The minimum absolute atomic E-state index is 0.315. The highest BCUT2D eigenvalue weighted by molar-refractivity contribution is 5.72. The van der Waals surface area contributed by atoms with Crippen molar-refractivity contribution in [2.75, 3.05) is 65.5 Å². The van der Waals surface area contributed by atoms with Gasteiger partial charge in [-0.2, -0.15) is 0 Å². The average molecular weight is 878 g/mol. The Bertz CT molecular complexity index is 2080. The number of anilines is 2. The van der Waals surface area contributed by atoms with Gasteiger partial charge in [-0.15, -0.1) is 0 Å². The number of halogens is 2. The van der Waals surface area contributed by atoms with Crippen LogP contribution in [0.15, 0.2) is 110 Å². The maximum Gasteiger partial charge on any atom is 0.141 e. The van der Waals surface area contributed by atoms with E-state index in [2.05, 4.69) is 42.5 Å². The van der Waals surface area contributed by atoms with Crippen molar-refractivity contribution in [3.05, 3.63) is 132 Å². The van der Waals surface area contributed by atoms with Gasteiger partial charge in [0.25, 0.3) is 0 Å². The van der Waals surface area contributed by atoms with Crippen molar-refractivity contribution in [1.82, 2.24) is 35.5 Å². The van der Waals surface area contributed by atoms with E-state index in [9.17, 15) is 8.78 Å². The smallest absolute Gasteiger partial charge is 0.141 e. The number of nitrogens with two attached hydrogens (primary N) is 2. The Morgan fingerprint density at radius 2 is 1.16 bits per heavy atom. The van der Waals surface area contributed by atoms with Crippen LogP contribution in [-0.4, -0.2) is 95.1 Å². The molecule has 13 heteroatoms. The monoisotopic (exact) mass is 878 g/mol. The molecular formula is C51H69F2N9O2. The number of hydrogen-bond acceptors (Lipinski definition) is 11. The molecule has 4 heterocycles. The van der Waals surface area contributed by atoms with E-state index in [0.29, 0.717) is 40.8 Å². The number of rotatable bonds is 7. The fourth-order valence-electron chi connectivity index (χ4n) is 7.33. The van der Waals surface area contributed by atoms with E-state index in [0.717, 1.165) is 58.9 Å². The summed E-state index contributed by atoms with van der Waals surface area (Å²) in [6.45, 7) is 13.2. The van der Waals surface area contributed by atoms with E-state index >= 15 is 0 Å². The summed E-state index contributed by atoms with van der Waals surface area (Å²) >= 11 is 0. The highest BCUT2D eigenvalue weighted by Gasteiger charge is 2.16. The summed E-state index contributed by atoms with van der Waals surface area (Å²) in [5, 5.41) is 22.3. The van der Waals surface area contributed by atoms with Crippen LogP contribution in [0.25, 0.3) is 44.8 Å². The van der Waals surface area contributed by atoms with Crippen molar-refractivity contribution < 1.29 is 19.0 Å². The van der Waals surface area contributed by atoms with Crippen LogP contribution in [0.5, 0.6) is 0 Å². The number of nitrogens with one attached hydrogen (secondary N) is 2. The second kappa shape index (κ2) is 28.9. The normalized spacial score (nSPS) is 14.6. The fourth-order valence-corrected chi connectivity index (χ4v) is 7.33. The molecule has 11 nitrogen and oxygen atoms in total. The van der Waals surface area contributed by atoms with Crippen LogP contribution in [0, 0.1) is 31.4 Å². The van der Waals surface area contributed by atoms with Crippen molar-refractivity contribution >= 4 is 11.6 Å². The minimum Gasteiger partial charge on any atom is -0.400 e. The molecular weight excluding hydrogens is 809 g/mol. The van der Waals surface area contributed by atoms with Gasteiger partial charge in [-0.05, 0) is 143 Å². The number of nitrogen functional groups attached to an aromatic ring is 2. The molecule has 64 heavy (non-hydrogen) atoms. The van der Waals surface area contributed by atoms with Gasteiger partial charge >= 0.3 is 0 Å². The van der Waals surface area contributed by atoms with Crippen molar-refractivity contribution in [1.29, 1.82) is 0 Å². The fraction of sp³-hybridized carbons (Fsp3) is 0.373. The predicted octanol–water partition coefficient (Wildman–Crippen LogP) is 8.98. The Labute approximate surface area is 379 Å². The van der Waals surface area contributed by atoms with Crippen molar-refractivity contribution in [2.45, 2.75) is 65.8 Å². The molecule has 8 N–H and O–H groups in total. The third-order valence-electron chi connectivity index (χ3n) is 10.8. The first-order valence-corrected chi connectivity index (χ1v) is 22.0. The van der Waals surface area contributed by atoms with Crippen molar-refractivity contribution in [3.8, 4) is 44.8 Å². The Hall–Kier alpha value is -5.70. The highest BCUT2D eigenvalue weighted by Crippen LogP contribution is 2.30. The summed E-state index contributed by atoms with van der Waals surface area (Å²) < 4.78 is 28.7. The lowest BCUT2D eigenvalue weighted by atomic mass is 9.96. The molecule has 2 aromatic heterocycles. The number of likely N-dealkylation sites (tertiary alicyclic amines) is 1. The van der Waals surface area contributed by atoms with E-state index in [-0.39, 0.29) is 11.6 Å². The summed E-state index contributed by atoms with van der Waals surface area (Å²) in [6.07, 6.45) is 12.0. The first kappa shape index (κ1) is 52.6. The Morgan fingerprint density at radius 3 is 1.52 bits per heavy atom. The third-order valence-corrected chi connectivity index (χ3v) is 10.8. The molecule has 2 saturated heterocycles. The lowest BCUT2D eigenvalue weighted by Gasteiger charge is -2.29. The number of aryl methyl sites for hydroxylation is 2. The molecule has 6 aromatic rings. The van der Waals surface area contributed by atoms with Crippen LogP contribution >= 0.6 is 0 Å². The highest BCUT2D eigenvalue weighted by atomic mass is 19.1. The number of aliphatic hydroxyl groups excluding tert-OH is 2. The summed E-state index contributed by atoms with van der Waals surface area (Å²) in [5.74, 6) is 0.736. The summed E-state index contributed by atoms with van der Waals surface area (Å²) in [7, 11) is 5.19. The lowest BCUT2D eigenvalue weighted by Crippen LogP contribution is -2.37. The zero-order valence-corrected chi connectivity index (χ0v) is 38.7. The Balaban J connectivity index is 0.000000236. The minimum atomic E-state index is -0.324. The number of benzene rings is 4. The van der Waals surface area contributed by atoms with Gasteiger partial charge in [0.1, 0.15) is 23.3 Å². The summed E-state index contributed by atoms with van der Waals surface area (Å²) in [4.78, 5) is 18.4. The second-order valence-electron chi connectivity index (χ2n) is 15.3. The lowest BCUT2D eigenvalue weighted by molar-refractivity contribution is 0.171. The molecule has 4 aromatic carbocycles. The SMILES string of the molecule is CC.CN1CCCC(CCO)C1.CNC1CCNCC1.CO.Cc1ccccc1-c1ccc(-c2cnc(N)cn2)c(F)c1.Cc1ccccc1-c1ccc(-c2cnc(N)cn2)c(F)c1. The van der Waals surface area contributed by atoms with Gasteiger partial charge in [-0.1, -0.05) is 74.5 Å². The average Bonchev–Trinajstić information content (AvgIpc) is 3.32. The van der Waals surface area contributed by atoms with Crippen molar-refractivity contribution in [2.24, 2.45) is 5.92 Å². The maximum atomic E-state index is 14.4. The van der Waals surface area contributed by atoms with Crippen molar-refractivity contribution in [3.63, 3.8) is 0 Å². The van der Waals surface area contributed by atoms with Gasteiger partial charge in [0, 0.05) is 37.4 Å². The van der Waals surface area contributed by atoms with Gasteiger partial charge in [-0.25, -0.2) is 18.7 Å². The number of hydrogen-bond donors (Lipinski definition) is 6. The second-order valence-corrected chi connectivity index (χ2v) is 15.3. The zero-order chi connectivity index (χ0) is 46.9. The number of nitrogens with zero attached hydrogens (tertiary/aromatic N) is 5. The van der Waals surface area contributed by atoms with E-state index in [4.69, 9.17) is 21.7 Å². The van der Waals surface area contributed by atoms with Gasteiger partial charge in [0.15, 0.2) is 0 Å². The first-order chi connectivity index (χ1) is 31.1. The van der Waals surface area contributed by atoms with E-state index in [1.807, 2.05) is 95.4 Å². The summed E-state index contributed by atoms with van der Waals surface area (Å²) in [6, 6.07) is 26.8. The molecule has 0 spiro atoms. The van der Waals surface area contributed by atoms with E-state index in [1.165, 1.54) is 88.8 Å². The first-order valence-electron chi connectivity index (χ1n) is 22.0. The molecule has 8 rings (SSSR count). The molecule has 1 unspecified atom stereocenters. The third kappa shape index (κ3) is 16.8. The van der Waals surface area contributed by atoms with Gasteiger partial charge in [-0.3, -0.25) is 9.97 Å². The Morgan fingerprint density at radius 1 is 0.688 bits per heavy atom. The predicted molar refractivity (Wildman–Crippen MR) is 260 cm³/mol. The van der Waals surface area contributed by atoms with Gasteiger partial charge < -0.3 is 37.2 Å². The molecule has 0 bridgehead atoms. The molecule has 2 aliphatic rings. The number of piperidine rings is 2. The van der Waals surface area contributed by atoms with Crippen LogP contribution < -0.4 is 22.1 Å². The van der Waals surface area contributed by atoms with Crippen LogP contribution in [0.3, 0.4) is 0 Å². The molecule has 0 aliphatic carbocycles. The van der Waals surface area contributed by atoms with E-state index in [1.54, 1.807) is 12.1 Å². The molecule has 0 radical (unpaired) electrons. The standard InChI is InChI=1S/2C17H14FN3.C8H17NO.C6H14N2.C2H6.CH4O/c2*1-11-4-2-3-5-13(11)12-6-7-14(15(18)8-12)16-9-21-17(19)10-20-16;1-9-5-2-3-8(7-9)4-6-10;1-7-6-2-4-8-5-3-6;2*1-2/h2*2-10H,1H3,(H2,19,21);8,10H,2-7H2,1H3;6-8H,2-5H2,1H3;1-2H3;2H,1H3. The largest absolute Gasteiger partial charge is 0.400 e. The van der Waals surface area contributed by atoms with Crippen LogP contribution in [0.4, 0.5) is 20.4 Å². The van der Waals surface area contributed by atoms with Crippen LogP contribution in [0.1, 0.15) is 57.1 Å². The van der Waals surface area contributed by atoms with Gasteiger partial charge in [0.2, 0.25) is 0 Å². The topological polar surface area (TPSA) is 171 Å². The Kier molecular flexibility index (Phi) is 23.8. The van der Waals surface area contributed by atoms with Gasteiger partial charge in [0.05, 0.1) is 36.2 Å². The number of aliphatic hydroxyl groups is 2.